The van der Waals surface area contributed by atoms with Crippen LogP contribution in [0.1, 0.15) is 30.2 Å². The van der Waals surface area contributed by atoms with Crippen LogP contribution in [-0.4, -0.2) is 46.0 Å². The van der Waals surface area contributed by atoms with E-state index in [1.807, 2.05) is 23.1 Å². The Hall–Kier alpha value is -2.28. The minimum absolute atomic E-state index is 0.669. The molecule has 22 heavy (non-hydrogen) atoms. The number of methoxy groups -OCH3 is 1. The summed E-state index contributed by atoms with van der Waals surface area (Å²) in [6.07, 6.45) is 4.66. The van der Waals surface area contributed by atoms with Crippen LogP contribution in [0.4, 0.5) is 5.82 Å². The van der Waals surface area contributed by atoms with E-state index >= 15 is 0 Å². The SMILES string of the molecule is CCNc1nccc2c1C(c1cn(CCCOC)nn1)=NC2. The Balaban J connectivity index is 1.84. The number of hydrogen-bond acceptors (Lipinski definition) is 6. The summed E-state index contributed by atoms with van der Waals surface area (Å²) >= 11 is 0. The van der Waals surface area contributed by atoms with Gasteiger partial charge in [0, 0.05) is 38.6 Å². The average molecular weight is 300 g/mol. The predicted octanol–water partition coefficient (Wildman–Crippen LogP) is 1.49. The number of aliphatic imine (C=N–C) groups is 1. The van der Waals surface area contributed by atoms with Gasteiger partial charge in [0.15, 0.2) is 0 Å². The van der Waals surface area contributed by atoms with E-state index < -0.39 is 0 Å². The highest BCUT2D eigenvalue weighted by Gasteiger charge is 2.23. The van der Waals surface area contributed by atoms with Crippen molar-refractivity contribution in [3.05, 3.63) is 35.3 Å². The molecule has 0 radical (unpaired) electrons. The number of pyridine rings is 1. The van der Waals surface area contributed by atoms with Crippen molar-refractivity contribution in [2.75, 3.05) is 25.6 Å². The molecule has 1 aliphatic rings. The molecule has 3 heterocycles. The minimum atomic E-state index is 0.669. The molecule has 1 N–H and O–H groups in total. The Kier molecular flexibility index (Phi) is 4.43. The van der Waals surface area contributed by atoms with E-state index in [1.54, 1.807) is 7.11 Å². The fraction of sp³-hybridized carbons (Fsp3) is 0.467. The van der Waals surface area contributed by atoms with Gasteiger partial charge in [-0.05, 0) is 25.0 Å². The van der Waals surface area contributed by atoms with Crippen LogP contribution in [0.25, 0.3) is 0 Å². The van der Waals surface area contributed by atoms with Gasteiger partial charge in [-0.1, -0.05) is 5.21 Å². The van der Waals surface area contributed by atoms with Gasteiger partial charge in [0.1, 0.15) is 11.5 Å². The molecule has 0 amide bonds. The van der Waals surface area contributed by atoms with Crippen LogP contribution in [-0.2, 0) is 17.8 Å². The van der Waals surface area contributed by atoms with Gasteiger partial charge in [0.25, 0.3) is 0 Å². The van der Waals surface area contributed by atoms with Gasteiger partial charge in [-0.2, -0.15) is 0 Å². The fourth-order valence-corrected chi connectivity index (χ4v) is 2.54. The van der Waals surface area contributed by atoms with E-state index in [4.69, 9.17) is 4.74 Å². The number of aryl methyl sites for hydroxylation is 1. The predicted molar refractivity (Wildman–Crippen MR) is 84.3 cm³/mol. The molecule has 1 aliphatic heterocycles. The van der Waals surface area contributed by atoms with E-state index in [9.17, 15) is 0 Å². The van der Waals surface area contributed by atoms with Gasteiger partial charge in [0.2, 0.25) is 0 Å². The lowest BCUT2D eigenvalue weighted by atomic mass is 10.1. The lowest BCUT2D eigenvalue weighted by Gasteiger charge is -2.08. The van der Waals surface area contributed by atoms with Crippen LogP contribution in [0.2, 0.25) is 0 Å². The molecule has 7 nitrogen and oxygen atoms in total. The summed E-state index contributed by atoms with van der Waals surface area (Å²) in [6, 6.07) is 2.01. The number of nitrogens with zero attached hydrogens (tertiary/aromatic N) is 5. The molecule has 7 heteroatoms. The van der Waals surface area contributed by atoms with Crippen molar-refractivity contribution < 1.29 is 4.74 Å². The molecule has 0 spiro atoms. The van der Waals surface area contributed by atoms with Crippen molar-refractivity contribution in [1.29, 1.82) is 0 Å². The summed E-state index contributed by atoms with van der Waals surface area (Å²) in [6.45, 7) is 5.04. The first-order valence-corrected chi connectivity index (χ1v) is 7.49. The zero-order valence-corrected chi connectivity index (χ0v) is 12.9. The molecule has 116 valence electrons. The second-order valence-electron chi connectivity index (χ2n) is 5.10. The summed E-state index contributed by atoms with van der Waals surface area (Å²) in [5.74, 6) is 0.866. The molecule has 3 rings (SSSR count). The number of anilines is 1. The summed E-state index contributed by atoms with van der Waals surface area (Å²) in [7, 11) is 1.70. The number of fused-ring (bicyclic) bond motifs is 1. The maximum absolute atomic E-state index is 5.06. The van der Waals surface area contributed by atoms with Gasteiger partial charge < -0.3 is 10.1 Å². The number of ether oxygens (including phenoxy) is 1. The Bertz CT molecular complexity index is 678. The van der Waals surface area contributed by atoms with Crippen LogP contribution in [0.5, 0.6) is 0 Å². The molecule has 0 saturated heterocycles. The molecule has 0 atom stereocenters. The molecular weight excluding hydrogens is 280 g/mol. The largest absolute Gasteiger partial charge is 0.385 e. The van der Waals surface area contributed by atoms with Crippen LogP contribution >= 0.6 is 0 Å². The topological polar surface area (TPSA) is 77.2 Å². The average Bonchev–Trinajstić information content (AvgIpc) is 3.14. The van der Waals surface area contributed by atoms with Gasteiger partial charge in [-0.15, -0.1) is 5.10 Å². The molecule has 0 saturated carbocycles. The lowest BCUT2D eigenvalue weighted by molar-refractivity contribution is 0.188. The standard InChI is InChI=1S/C15H20N6O/c1-3-16-15-13-11(5-6-17-15)9-18-14(13)12-10-21(20-19-12)7-4-8-22-2/h5-6,10H,3-4,7-9H2,1-2H3,(H,16,17). The van der Waals surface area contributed by atoms with E-state index in [0.717, 1.165) is 42.3 Å². The highest BCUT2D eigenvalue weighted by atomic mass is 16.5. The monoisotopic (exact) mass is 300 g/mol. The third-order valence-corrected chi connectivity index (χ3v) is 3.54. The summed E-state index contributed by atoms with van der Waals surface area (Å²) < 4.78 is 6.89. The second kappa shape index (κ2) is 6.65. The van der Waals surface area contributed by atoms with E-state index in [2.05, 4.69) is 32.5 Å². The lowest BCUT2D eigenvalue weighted by Crippen LogP contribution is -2.09. The first-order valence-electron chi connectivity index (χ1n) is 7.49. The van der Waals surface area contributed by atoms with Crippen molar-refractivity contribution in [3.8, 4) is 0 Å². The molecule has 0 aromatic carbocycles. The van der Waals surface area contributed by atoms with E-state index in [-0.39, 0.29) is 0 Å². The van der Waals surface area contributed by atoms with E-state index in [1.165, 1.54) is 5.56 Å². The molecule has 0 unspecified atom stereocenters. The number of nitrogens with one attached hydrogen (secondary N) is 1. The van der Waals surface area contributed by atoms with Crippen molar-refractivity contribution in [3.63, 3.8) is 0 Å². The molecular formula is C15H20N6O. The second-order valence-corrected chi connectivity index (χ2v) is 5.10. The first kappa shape index (κ1) is 14.6. The fourth-order valence-electron chi connectivity index (χ4n) is 2.54. The van der Waals surface area contributed by atoms with Gasteiger partial charge in [-0.25, -0.2) is 4.98 Å². The van der Waals surface area contributed by atoms with Crippen LogP contribution in [0, 0.1) is 0 Å². The van der Waals surface area contributed by atoms with Crippen LogP contribution in [0.15, 0.2) is 23.5 Å². The van der Waals surface area contributed by atoms with Crippen molar-refractivity contribution in [2.45, 2.75) is 26.4 Å². The Morgan fingerprint density at radius 2 is 2.32 bits per heavy atom. The molecule has 2 aromatic rings. The third-order valence-electron chi connectivity index (χ3n) is 3.54. The summed E-state index contributed by atoms with van der Waals surface area (Å²) in [5.41, 5.74) is 3.89. The maximum atomic E-state index is 5.06. The quantitative estimate of drug-likeness (QED) is 0.784. The van der Waals surface area contributed by atoms with Gasteiger partial charge in [0.05, 0.1) is 18.5 Å². The molecule has 0 fully saturated rings. The maximum Gasteiger partial charge on any atom is 0.135 e. The molecule has 0 bridgehead atoms. The smallest absolute Gasteiger partial charge is 0.135 e. The molecule has 2 aromatic heterocycles. The normalized spacial score (nSPS) is 13.1. The van der Waals surface area contributed by atoms with Crippen LogP contribution in [0.3, 0.4) is 0 Å². The number of rotatable bonds is 7. The van der Waals surface area contributed by atoms with Gasteiger partial charge >= 0.3 is 0 Å². The Morgan fingerprint density at radius 3 is 3.14 bits per heavy atom. The van der Waals surface area contributed by atoms with Crippen molar-refractivity contribution >= 4 is 11.5 Å². The molecule has 0 aliphatic carbocycles. The Morgan fingerprint density at radius 1 is 1.41 bits per heavy atom. The minimum Gasteiger partial charge on any atom is -0.385 e. The zero-order chi connectivity index (χ0) is 15.4. The number of hydrogen-bond donors (Lipinski definition) is 1. The van der Waals surface area contributed by atoms with Gasteiger partial charge in [-0.3, -0.25) is 9.67 Å². The van der Waals surface area contributed by atoms with Crippen LogP contribution < -0.4 is 5.32 Å². The summed E-state index contributed by atoms with van der Waals surface area (Å²) in [4.78, 5) is 9.04. The third kappa shape index (κ3) is 2.85. The van der Waals surface area contributed by atoms with E-state index in [0.29, 0.717) is 13.2 Å². The zero-order valence-electron chi connectivity index (χ0n) is 12.9. The van der Waals surface area contributed by atoms with Crippen molar-refractivity contribution in [1.82, 2.24) is 20.0 Å². The highest BCUT2D eigenvalue weighted by Crippen LogP contribution is 2.27. The Labute approximate surface area is 129 Å². The first-order chi connectivity index (χ1) is 10.8. The van der Waals surface area contributed by atoms with Crippen molar-refractivity contribution in [2.24, 2.45) is 4.99 Å². The summed E-state index contributed by atoms with van der Waals surface area (Å²) in [5, 5.41) is 11.7. The highest BCUT2D eigenvalue weighted by molar-refractivity contribution is 6.16. The number of aromatic nitrogens is 4.